The summed E-state index contributed by atoms with van der Waals surface area (Å²) in [5.74, 6) is -0.498. The zero-order valence-electron chi connectivity index (χ0n) is 41.7. The number of aryl methyl sites for hydroxylation is 3. The first-order valence-electron chi connectivity index (χ1n) is 24.1. The number of carbonyl (C=O) groups is 4. The van der Waals surface area contributed by atoms with Crippen LogP contribution in [0, 0.1) is 38.0 Å². The van der Waals surface area contributed by atoms with Gasteiger partial charge in [-0.3, -0.25) is 0 Å². The van der Waals surface area contributed by atoms with Gasteiger partial charge < -0.3 is 18.9 Å². The molecule has 0 heterocycles. The molecular formula is C62H64Cl2O8. The van der Waals surface area contributed by atoms with Gasteiger partial charge in [0.25, 0.3) is 0 Å². The van der Waals surface area contributed by atoms with E-state index >= 15 is 0 Å². The minimum atomic E-state index is -0.463. The third-order valence-electron chi connectivity index (χ3n) is 11.8. The van der Waals surface area contributed by atoms with Gasteiger partial charge in [0.2, 0.25) is 0 Å². The maximum absolute atomic E-state index is 12.0. The van der Waals surface area contributed by atoms with Crippen LogP contribution >= 0.6 is 23.2 Å². The highest BCUT2D eigenvalue weighted by molar-refractivity contribution is 6.35. The highest BCUT2D eigenvalue weighted by Crippen LogP contribution is 2.30. The largest absolute Gasteiger partial charge is 0.462 e. The molecule has 0 bridgehead atoms. The molecule has 0 N–H and O–H groups in total. The van der Waals surface area contributed by atoms with E-state index < -0.39 is 5.41 Å². The Morgan fingerprint density at radius 2 is 0.722 bits per heavy atom. The molecule has 0 aliphatic heterocycles. The van der Waals surface area contributed by atoms with Crippen molar-refractivity contribution in [2.24, 2.45) is 17.3 Å². The Hall–Kier alpha value is -7.00. The van der Waals surface area contributed by atoms with Crippen LogP contribution in [0.25, 0.3) is 11.1 Å². The summed E-state index contributed by atoms with van der Waals surface area (Å²) in [5.41, 5.74) is 8.13. The molecule has 0 atom stereocenters. The Labute approximate surface area is 435 Å². The molecule has 374 valence electrons. The van der Waals surface area contributed by atoms with Gasteiger partial charge in [0.1, 0.15) is 0 Å². The maximum Gasteiger partial charge on any atom is 0.338 e. The zero-order valence-corrected chi connectivity index (χ0v) is 43.2. The SMILES string of the molecule is CC(C)(COC(=O)c1ccccc1)COC(=O)c1ccccc1.Cc1ccc(Cl)cc1Cl.Cc1ccccc1-c1ccccc1C.O=C(OCC1CCC(COC(=O)c2ccccc2)CC1)c1ccccc1. The summed E-state index contributed by atoms with van der Waals surface area (Å²) in [4.78, 5) is 47.8. The molecule has 72 heavy (non-hydrogen) atoms. The van der Waals surface area contributed by atoms with E-state index in [-0.39, 0.29) is 37.1 Å². The molecule has 0 saturated heterocycles. The Balaban J connectivity index is 0.000000190. The second kappa shape index (κ2) is 29.4. The summed E-state index contributed by atoms with van der Waals surface area (Å²) in [5, 5.41) is 1.41. The number of hydrogen-bond donors (Lipinski definition) is 0. The van der Waals surface area contributed by atoms with E-state index in [2.05, 4.69) is 62.4 Å². The number of rotatable bonds is 13. The minimum Gasteiger partial charge on any atom is -0.462 e. The Morgan fingerprint density at radius 1 is 0.417 bits per heavy atom. The number of halogens is 2. The standard InChI is InChI=1S/C22H24O4.C19H20O4.C14H14.C7H6Cl2/c23-21(19-7-3-1-4-8-19)25-15-17-11-13-18(14-12-17)16-26-22(24)20-9-5-2-6-10-20;1-19(2,13-22-17(20)15-9-5-3-6-10-15)14-23-18(21)16-11-7-4-8-12-16;1-11-7-3-5-9-13(11)14-10-6-4-8-12(14)2;1-5-2-3-6(8)4-7(5)9/h1-10,17-18H,11-16H2;3-12H,13-14H2,1-2H3;3-10H,1-2H3;2-4H,1H3. The molecule has 0 amide bonds. The van der Waals surface area contributed by atoms with Crippen molar-refractivity contribution in [2.75, 3.05) is 26.4 Å². The van der Waals surface area contributed by atoms with Crippen molar-refractivity contribution in [3.8, 4) is 11.1 Å². The average molecular weight is 1010 g/mol. The summed E-state index contributed by atoms with van der Waals surface area (Å²) in [6, 6.07) is 58.2. The number of carbonyl (C=O) groups excluding carboxylic acids is 4. The van der Waals surface area contributed by atoms with Crippen molar-refractivity contribution in [3.63, 3.8) is 0 Å². The molecule has 10 heteroatoms. The third kappa shape index (κ3) is 19.3. The van der Waals surface area contributed by atoms with E-state index in [0.717, 1.165) is 36.3 Å². The van der Waals surface area contributed by atoms with Gasteiger partial charge in [-0.05, 0) is 147 Å². The average Bonchev–Trinajstić information content (AvgIpc) is 3.41. The Bertz CT molecular complexity index is 2590. The molecule has 1 aliphatic rings. The lowest BCUT2D eigenvalue weighted by Crippen LogP contribution is -2.28. The molecule has 0 radical (unpaired) electrons. The predicted octanol–water partition coefficient (Wildman–Crippen LogP) is 15.5. The van der Waals surface area contributed by atoms with Crippen molar-refractivity contribution in [1.82, 2.24) is 0 Å². The summed E-state index contributed by atoms with van der Waals surface area (Å²) in [7, 11) is 0. The highest BCUT2D eigenvalue weighted by Gasteiger charge is 2.25. The van der Waals surface area contributed by atoms with E-state index in [4.69, 9.17) is 42.1 Å². The molecule has 1 aliphatic carbocycles. The molecule has 0 unspecified atom stereocenters. The van der Waals surface area contributed by atoms with Crippen molar-refractivity contribution in [2.45, 2.75) is 60.3 Å². The van der Waals surface area contributed by atoms with E-state index in [1.165, 1.54) is 22.3 Å². The van der Waals surface area contributed by atoms with Crippen molar-refractivity contribution < 1.29 is 38.1 Å². The number of hydrogen-bond acceptors (Lipinski definition) is 8. The van der Waals surface area contributed by atoms with E-state index in [1.807, 2.05) is 81.4 Å². The number of esters is 4. The monoisotopic (exact) mass is 1010 g/mol. The lowest BCUT2D eigenvalue weighted by Gasteiger charge is -2.27. The molecular weight excluding hydrogens is 944 g/mol. The molecule has 1 saturated carbocycles. The second-order valence-corrected chi connectivity index (χ2v) is 19.2. The normalized spacial score (nSPS) is 13.7. The van der Waals surface area contributed by atoms with Gasteiger partial charge in [-0.25, -0.2) is 19.2 Å². The van der Waals surface area contributed by atoms with Crippen LogP contribution in [0.3, 0.4) is 0 Å². The van der Waals surface area contributed by atoms with Crippen molar-refractivity contribution in [3.05, 3.63) is 237 Å². The van der Waals surface area contributed by atoms with Crippen LogP contribution in [0.1, 0.15) is 97.7 Å². The van der Waals surface area contributed by atoms with Crippen LogP contribution in [0.15, 0.2) is 188 Å². The minimum absolute atomic E-state index is 0.169. The predicted molar refractivity (Wildman–Crippen MR) is 289 cm³/mol. The molecule has 0 aromatic heterocycles. The topological polar surface area (TPSA) is 105 Å². The third-order valence-corrected chi connectivity index (χ3v) is 12.4. The summed E-state index contributed by atoms with van der Waals surface area (Å²) >= 11 is 11.4. The lowest BCUT2D eigenvalue weighted by atomic mass is 9.83. The number of benzene rings is 7. The Morgan fingerprint density at radius 3 is 1.03 bits per heavy atom. The maximum atomic E-state index is 12.0. The molecule has 8 rings (SSSR count). The molecule has 7 aromatic carbocycles. The van der Waals surface area contributed by atoms with Crippen LogP contribution in [-0.4, -0.2) is 50.3 Å². The van der Waals surface area contributed by atoms with Gasteiger partial charge in [-0.15, -0.1) is 0 Å². The lowest BCUT2D eigenvalue weighted by molar-refractivity contribution is 0.00611. The first-order chi connectivity index (χ1) is 34.7. The van der Waals surface area contributed by atoms with E-state index in [1.54, 1.807) is 78.9 Å². The van der Waals surface area contributed by atoms with Crippen molar-refractivity contribution >= 4 is 47.1 Å². The van der Waals surface area contributed by atoms with Crippen LogP contribution in [0.5, 0.6) is 0 Å². The number of ether oxygens (including phenoxy) is 4. The second-order valence-electron chi connectivity index (χ2n) is 18.4. The molecule has 8 nitrogen and oxygen atoms in total. The van der Waals surface area contributed by atoms with Crippen LogP contribution in [0.2, 0.25) is 10.0 Å². The van der Waals surface area contributed by atoms with E-state index in [0.29, 0.717) is 52.3 Å². The molecule has 1 fully saturated rings. The summed E-state index contributed by atoms with van der Waals surface area (Å²) in [6.45, 7) is 11.3. The fraction of sp³-hybridized carbons (Fsp3) is 0.258. The fourth-order valence-corrected chi connectivity index (χ4v) is 7.87. The van der Waals surface area contributed by atoms with Crippen LogP contribution in [0.4, 0.5) is 0 Å². The molecule has 7 aromatic rings. The first-order valence-corrected chi connectivity index (χ1v) is 24.9. The smallest absolute Gasteiger partial charge is 0.338 e. The van der Waals surface area contributed by atoms with Gasteiger partial charge in [-0.2, -0.15) is 0 Å². The summed E-state index contributed by atoms with van der Waals surface area (Å²) < 4.78 is 21.5. The van der Waals surface area contributed by atoms with Crippen LogP contribution in [-0.2, 0) is 18.9 Å². The van der Waals surface area contributed by atoms with Gasteiger partial charge in [0.15, 0.2) is 0 Å². The van der Waals surface area contributed by atoms with Crippen molar-refractivity contribution in [1.29, 1.82) is 0 Å². The van der Waals surface area contributed by atoms with Gasteiger partial charge in [-0.1, -0.05) is 164 Å². The Kier molecular flexibility index (Phi) is 22.8. The van der Waals surface area contributed by atoms with Gasteiger partial charge >= 0.3 is 23.9 Å². The van der Waals surface area contributed by atoms with E-state index in [9.17, 15) is 19.2 Å². The first kappa shape index (κ1) is 55.9. The quantitative estimate of drug-likeness (QED) is 0.0831. The molecule has 0 spiro atoms. The van der Waals surface area contributed by atoms with Gasteiger partial charge in [0.05, 0.1) is 48.7 Å². The van der Waals surface area contributed by atoms with Crippen LogP contribution < -0.4 is 0 Å². The fourth-order valence-electron chi connectivity index (χ4n) is 7.46. The van der Waals surface area contributed by atoms with Gasteiger partial charge in [0, 0.05) is 15.5 Å². The highest BCUT2D eigenvalue weighted by atomic mass is 35.5. The zero-order chi connectivity index (χ0) is 51.7. The summed E-state index contributed by atoms with van der Waals surface area (Å²) in [6.07, 6.45) is 3.98.